The van der Waals surface area contributed by atoms with Crippen LogP contribution in [-0.2, 0) is 21.3 Å². The zero-order valence-electron chi connectivity index (χ0n) is 17.6. The standard InChI is InChI=1S/C23H30N2O4S/c1-3-29-23(26)18-11-9-14-21(16-18)30(27,28)24-22-15-8-7-10-19(22)17-25(2)20-12-5-4-6-13-20/h7-11,14-16,20,24H,3-6,12-13,17H2,1-2H3. The molecule has 1 saturated carbocycles. The zero-order valence-corrected chi connectivity index (χ0v) is 18.5. The lowest BCUT2D eigenvalue weighted by molar-refractivity contribution is 0.0526. The van der Waals surface area contributed by atoms with Crippen LogP contribution in [0.1, 0.15) is 54.9 Å². The first-order valence-electron chi connectivity index (χ1n) is 10.5. The Morgan fingerprint density at radius 3 is 2.57 bits per heavy atom. The summed E-state index contributed by atoms with van der Waals surface area (Å²) >= 11 is 0. The summed E-state index contributed by atoms with van der Waals surface area (Å²) in [4.78, 5) is 14.3. The number of carbonyl (C=O) groups excluding carboxylic acids is 1. The van der Waals surface area contributed by atoms with Crippen LogP contribution in [0.15, 0.2) is 53.4 Å². The van der Waals surface area contributed by atoms with Crippen molar-refractivity contribution in [1.29, 1.82) is 0 Å². The maximum Gasteiger partial charge on any atom is 0.338 e. The van der Waals surface area contributed by atoms with Gasteiger partial charge in [0.05, 0.1) is 22.8 Å². The Bertz CT molecular complexity index is 969. The number of benzene rings is 2. The van der Waals surface area contributed by atoms with Gasteiger partial charge in [0.1, 0.15) is 0 Å². The molecule has 30 heavy (non-hydrogen) atoms. The Labute approximate surface area is 179 Å². The molecule has 0 aromatic heterocycles. The van der Waals surface area contributed by atoms with E-state index in [1.807, 2.05) is 18.2 Å². The van der Waals surface area contributed by atoms with E-state index in [9.17, 15) is 13.2 Å². The second-order valence-electron chi connectivity index (χ2n) is 7.72. The first-order chi connectivity index (χ1) is 14.4. The fraction of sp³-hybridized carbons (Fsp3) is 0.435. The molecule has 0 radical (unpaired) electrons. The van der Waals surface area contributed by atoms with Crippen LogP contribution in [0.4, 0.5) is 5.69 Å². The number of carbonyl (C=O) groups is 1. The van der Waals surface area contributed by atoms with Gasteiger partial charge in [-0.3, -0.25) is 9.62 Å². The normalized spacial score (nSPS) is 15.2. The van der Waals surface area contributed by atoms with Crippen molar-refractivity contribution in [2.24, 2.45) is 0 Å². The number of ether oxygens (including phenoxy) is 1. The van der Waals surface area contributed by atoms with E-state index in [2.05, 4.69) is 16.7 Å². The molecule has 0 saturated heterocycles. The Morgan fingerprint density at radius 1 is 1.10 bits per heavy atom. The lowest BCUT2D eigenvalue weighted by Crippen LogP contribution is -2.33. The van der Waals surface area contributed by atoms with Gasteiger partial charge in [0.2, 0.25) is 0 Å². The van der Waals surface area contributed by atoms with Gasteiger partial charge in [-0.2, -0.15) is 0 Å². The molecule has 0 spiro atoms. The van der Waals surface area contributed by atoms with Crippen molar-refractivity contribution in [1.82, 2.24) is 4.90 Å². The summed E-state index contributed by atoms with van der Waals surface area (Å²) in [7, 11) is -1.74. The van der Waals surface area contributed by atoms with E-state index in [-0.39, 0.29) is 17.1 Å². The molecular formula is C23H30N2O4S. The number of nitrogens with zero attached hydrogens (tertiary/aromatic N) is 1. The summed E-state index contributed by atoms with van der Waals surface area (Å²) in [5.74, 6) is -0.538. The summed E-state index contributed by atoms with van der Waals surface area (Å²) in [5.41, 5.74) is 1.70. The van der Waals surface area contributed by atoms with Crippen LogP contribution in [0.25, 0.3) is 0 Å². The Morgan fingerprint density at radius 2 is 1.83 bits per heavy atom. The van der Waals surface area contributed by atoms with Crippen molar-refractivity contribution in [2.45, 2.75) is 56.5 Å². The average molecular weight is 431 g/mol. The molecule has 0 heterocycles. The molecule has 1 aliphatic carbocycles. The van der Waals surface area contributed by atoms with Crippen molar-refractivity contribution >= 4 is 21.7 Å². The SMILES string of the molecule is CCOC(=O)c1cccc(S(=O)(=O)Nc2ccccc2CN(C)C2CCCCC2)c1. The second kappa shape index (κ2) is 10.1. The highest BCUT2D eigenvalue weighted by Gasteiger charge is 2.21. The predicted molar refractivity (Wildman–Crippen MR) is 118 cm³/mol. The fourth-order valence-corrected chi connectivity index (χ4v) is 5.03. The van der Waals surface area contributed by atoms with Gasteiger partial charge in [0.15, 0.2) is 0 Å². The Balaban J connectivity index is 1.79. The van der Waals surface area contributed by atoms with Crippen LogP contribution in [0.3, 0.4) is 0 Å². The number of esters is 1. The Hall–Kier alpha value is -2.38. The van der Waals surface area contributed by atoms with E-state index in [0.29, 0.717) is 18.3 Å². The highest BCUT2D eigenvalue weighted by atomic mass is 32.2. The smallest absolute Gasteiger partial charge is 0.338 e. The molecule has 1 fully saturated rings. The van der Waals surface area contributed by atoms with Crippen molar-refractivity contribution in [2.75, 3.05) is 18.4 Å². The van der Waals surface area contributed by atoms with Crippen LogP contribution in [0.2, 0.25) is 0 Å². The molecule has 0 unspecified atom stereocenters. The van der Waals surface area contributed by atoms with Crippen LogP contribution >= 0.6 is 0 Å². The number of rotatable bonds is 8. The van der Waals surface area contributed by atoms with Gasteiger partial charge in [-0.15, -0.1) is 0 Å². The minimum absolute atomic E-state index is 0.0310. The monoisotopic (exact) mass is 430 g/mol. The highest BCUT2D eigenvalue weighted by molar-refractivity contribution is 7.92. The number of para-hydroxylation sites is 1. The number of hydrogen-bond donors (Lipinski definition) is 1. The largest absolute Gasteiger partial charge is 0.462 e. The predicted octanol–water partition coefficient (Wildman–Crippen LogP) is 4.43. The molecule has 0 amide bonds. The summed E-state index contributed by atoms with van der Waals surface area (Å²) in [6, 6.07) is 13.9. The van der Waals surface area contributed by atoms with Gasteiger partial charge in [0, 0.05) is 12.6 Å². The Kier molecular flexibility index (Phi) is 7.50. The van der Waals surface area contributed by atoms with Gasteiger partial charge in [0.25, 0.3) is 10.0 Å². The van der Waals surface area contributed by atoms with Gasteiger partial charge in [-0.1, -0.05) is 43.5 Å². The number of hydrogen-bond acceptors (Lipinski definition) is 5. The topological polar surface area (TPSA) is 75.7 Å². The molecule has 1 aliphatic rings. The average Bonchev–Trinajstić information content (AvgIpc) is 2.76. The van der Waals surface area contributed by atoms with Gasteiger partial charge in [-0.05, 0) is 56.6 Å². The maximum absolute atomic E-state index is 13.0. The second-order valence-corrected chi connectivity index (χ2v) is 9.40. The van der Waals surface area contributed by atoms with E-state index in [4.69, 9.17) is 4.74 Å². The highest BCUT2D eigenvalue weighted by Crippen LogP contribution is 2.26. The van der Waals surface area contributed by atoms with Crippen LogP contribution in [0, 0.1) is 0 Å². The fourth-order valence-electron chi connectivity index (χ4n) is 3.89. The quantitative estimate of drug-likeness (QED) is 0.627. The molecule has 2 aromatic rings. The molecule has 1 N–H and O–H groups in total. The molecule has 0 aliphatic heterocycles. The van der Waals surface area contributed by atoms with E-state index < -0.39 is 16.0 Å². The summed E-state index contributed by atoms with van der Waals surface area (Å²) < 4.78 is 33.7. The molecule has 7 heteroatoms. The lowest BCUT2D eigenvalue weighted by Gasteiger charge is -2.31. The minimum Gasteiger partial charge on any atom is -0.462 e. The number of anilines is 1. The van der Waals surface area contributed by atoms with Crippen molar-refractivity contribution < 1.29 is 17.9 Å². The third-order valence-electron chi connectivity index (χ3n) is 5.53. The molecular weight excluding hydrogens is 400 g/mol. The van der Waals surface area contributed by atoms with Gasteiger partial charge in [-0.25, -0.2) is 13.2 Å². The van der Waals surface area contributed by atoms with E-state index in [0.717, 1.165) is 5.56 Å². The van der Waals surface area contributed by atoms with Gasteiger partial charge < -0.3 is 4.74 Å². The minimum atomic E-state index is -3.84. The molecule has 3 rings (SSSR count). The molecule has 0 bridgehead atoms. The zero-order chi connectivity index (χ0) is 21.6. The van der Waals surface area contributed by atoms with E-state index in [1.165, 1.54) is 44.2 Å². The van der Waals surface area contributed by atoms with Crippen molar-refractivity contribution in [3.05, 3.63) is 59.7 Å². The first-order valence-corrected chi connectivity index (χ1v) is 12.0. The molecule has 6 nitrogen and oxygen atoms in total. The van der Waals surface area contributed by atoms with E-state index in [1.54, 1.807) is 25.1 Å². The summed E-state index contributed by atoms with van der Waals surface area (Å²) in [6.45, 7) is 2.61. The van der Waals surface area contributed by atoms with Gasteiger partial charge >= 0.3 is 5.97 Å². The number of nitrogens with one attached hydrogen (secondary N) is 1. The van der Waals surface area contributed by atoms with Crippen LogP contribution < -0.4 is 4.72 Å². The first kappa shape index (κ1) is 22.3. The molecule has 2 aromatic carbocycles. The van der Waals surface area contributed by atoms with Crippen molar-refractivity contribution in [3.8, 4) is 0 Å². The lowest BCUT2D eigenvalue weighted by atomic mass is 9.94. The van der Waals surface area contributed by atoms with Crippen LogP contribution in [0.5, 0.6) is 0 Å². The maximum atomic E-state index is 13.0. The summed E-state index contributed by atoms with van der Waals surface area (Å²) in [6.07, 6.45) is 6.17. The summed E-state index contributed by atoms with van der Waals surface area (Å²) in [5, 5.41) is 0. The van der Waals surface area contributed by atoms with Crippen LogP contribution in [-0.4, -0.2) is 39.0 Å². The van der Waals surface area contributed by atoms with E-state index >= 15 is 0 Å². The molecule has 162 valence electrons. The molecule has 0 atom stereocenters. The number of sulfonamides is 1. The third kappa shape index (κ3) is 5.61. The van der Waals surface area contributed by atoms with Crippen molar-refractivity contribution in [3.63, 3.8) is 0 Å². The third-order valence-corrected chi connectivity index (χ3v) is 6.90.